The van der Waals surface area contributed by atoms with Crippen LogP contribution in [0, 0.1) is 0 Å². The van der Waals surface area contributed by atoms with Gasteiger partial charge in [0.1, 0.15) is 5.75 Å². The normalized spacial score (nSPS) is 15.7. The molecule has 0 aromatic heterocycles. The number of hydrogen-bond donors (Lipinski definition) is 1. The van der Waals surface area contributed by atoms with Gasteiger partial charge in [-0.05, 0) is 68.8 Å². The van der Waals surface area contributed by atoms with E-state index < -0.39 is 0 Å². The Kier molecular flexibility index (Phi) is 4.78. The third-order valence-electron chi connectivity index (χ3n) is 5.49. The molecular formula is C26H24N2O2S. The number of para-hydroxylation sites is 2. The third-order valence-corrected chi connectivity index (χ3v) is 6.62. The number of nitrogens with one attached hydrogen (secondary N) is 1. The highest BCUT2D eigenvalue weighted by atomic mass is 32.2. The van der Waals surface area contributed by atoms with Crippen LogP contribution in [0.4, 0.5) is 17.1 Å². The molecule has 0 spiro atoms. The molecule has 2 heterocycles. The quantitative estimate of drug-likeness (QED) is 0.517. The summed E-state index contributed by atoms with van der Waals surface area (Å²) in [4.78, 5) is 17.2. The van der Waals surface area contributed by atoms with Gasteiger partial charge in [0.15, 0.2) is 6.61 Å². The SMILES string of the molecule is CC1=CC(C)(C)Nc2ccc(OCC(=O)N3c4ccccc4Sc4ccccc43)cc21. The summed E-state index contributed by atoms with van der Waals surface area (Å²) in [5.74, 6) is 0.596. The predicted molar refractivity (Wildman–Crippen MR) is 127 cm³/mol. The zero-order valence-electron chi connectivity index (χ0n) is 17.8. The summed E-state index contributed by atoms with van der Waals surface area (Å²) >= 11 is 1.69. The summed E-state index contributed by atoms with van der Waals surface area (Å²) in [5.41, 5.74) is 5.11. The molecule has 3 aromatic carbocycles. The minimum atomic E-state index is -0.0931. The van der Waals surface area contributed by atoms with Crippen LogP contribution < -0.4 is 15.0 Å². The van der Waals surface area contributed by atoms with Gasteiger partial charge >= 0.3 is 0 Å². The standard InChI is InChI=1S/C26H24N2O2S/c1-17-15-26(2,3)27-20-13-12-18(14-19(17)20)30-16-25(29)28-21-8-4-6-10-23(21)31-24-11-7-5-9-22(24)28/h4-15,27H,16H2,1-3H3. The van der Waals surface area contributed by atoms with Crippen LogP contribution in [0.1, 0.15) is 26.3 Å². The fourth-order valence-electron chi connectivity index (χ4n) is 4.23. The molecule has 0 atom stereocenters. The van der Waals surface area contributed by atoms with E-state index in [1.165, 1.54) is 5.57 Å². The average Bonchev–Trinajstić information content (AvgIpc) is 2.75. The fraction of sp³-hybridized carbons (Fsp3) is 0.192. The lowest BCUT2D eigenvalue weighted by molar-refractivity contribution is -0.119. The van der Waals surface area contributed by atoms with Gasteiger partial charge in [-0.15, -0.1) is 0 Å². The molecule has 5 heteroatoms. The first-order valence-corrected chi connectivity index (χ1v) is 11.2. The van der Waals surface area contributed by atoms with Crippen LogP contribution in [-0.4, -0.2) is 18.1 Å². The number of anilines is 3. The number of carbonyl (C=O) groups excluding carboxylic acids is 1. The van der Waals surface area contributed by atoms with E-state index in [9.17, 15) is 4.79 Å². The third kappa shape index (κ3) is 3.70. The number of fused-ring (bicyclic) bond motifs is 3. The van der Waals surface area contributed by atoms with Crippen molar-refractivity contribution in [3.63, 3.8) is 0 Å². The molecule has 0 fully saturated rings. The first kappa shape index (κ1) is 19.8. The Morgan fingerprint density at radius 1 is 1.00 bits per heavy atom. The summed E-state index contributed by atoms with van der Waals surface area (Å²) in [6.07, 6.45) is 2.21. The predicted octanol–water partition coefficient (Wildman–Crippen LogP) is 6.50. The first-order chi connectivity index (χ1) is 14.9. The minimum Gasteiger partial charge on any atom is -0.484 e. The number of amides is 1. The lowest BCUT2D eigenvalue weighted by atomic mass is 9.91. The van der Waals surface area contributed by atoms with Gasteiger partial charge in [0.05, 0.1) is 16.9 Å². The second-order valence-corrected chi connectivity index (χ2v) is 9.52. The molecule has 1 amide bonds. The van der Waals surface area contributed by atoms with Crippen molar-refractivity contribution in [3.8, 4) is 5.75 Å². The Labute approximate surface area is 186 Å². The van der Waals surface area contributed by atoms with Gasteiger partial charge in [-0.1, -0.05) is 42.1 Å². The number of ether oxygens (including phenoxy) is 1. The molecule has 1 N–H and O–H groups in total. The van der Waals surface area contributed by atoms with E-state index in [2.05, 4.69) is 32.2 Å². The maximum absolute atomic E-state index is 13.3. The van der Waals surface area contributed by atoms with E-state index in [1.807, 2.05) is 66.7 Å². The molecule has 156 valence electrons. The minimum absolute atomic E-state index is 0.0339. The van der Waals surface area contributed by atoms with Crippen LogP contribution in [0.3, 0.4) is 0 Å². The van der Waals surface area contributed by atoms with Gasteiger partial charge in [0.2, 0.25) is 0 Å². The van der Waals surface area contributed by atoms with Crippen molar-refractivity contribution in [2.24, 2.45) is 0 Å². The monoisotopic (exact) mass is 428 g/mol. The molecule has 31 heavy (non-hydrogen) atoms. The maximum atomic E-state index is 13.3. The highest BCUT2D eigenvalue weighted by Gasteiger charge is 2.28. The molecule has 2 aliphatic heterocycles. The van der Waals surface area contributed by atoms with Crippen LogP contribution in [0.15, 0.2) is 82.6 Å². The molecule has 5 rings (SSSR count). The fourth-order valence-corrected chi connectivity index (χ4v) is 5.29. The number of carbonyl (C=O) groups is 1. The van der Waals surface area contributed by atoms with Crippen molar-refractivity contribution in [1.82, 2.24) is 0 Å². The summed E-state index contributed by atoms with van der Waals surface area (Å²) in [5, 5.41) is 3.52. The van der Waals surface area contributed by atoms with E-state index >= 15 is 0 Å². The summed E-state index contributed by atoms with van der Waals surface area (Å²) < 4.78 is 5.96. The van der Waals surface area contributed by atoms with Gasteiger partial charge in [-0.3, -0.25) is 9.69 Å². The number of rotatable bonds is 3. The second kappa shape index (κ2) is 7.50. The number of nitrogens with zero attached hydrogens (tertiary/aromatic N) is 1. The Hall–Kier alpha value is -3.18. The highest BCUT2D eigenvalue weighted by Crippen LogP contribution is 2.47. The van der Waals surface area contributed by atoms with Crippen molar-refractivity contribution in [2.75, 3.05) is 16.8 Å². The largest absolute Gasteiger partial charge is 0.484 e. The van der Waals surface area contributed by atoms with E-state index in [-0.39, 0.29) is 18.1 Å². The molecular weight excluding hydrogens is 404 g/mol. The van der Waals surface area contributed by atoms with Gasteiger partial charge in [0.25, 0.3) is 5.91 Å². The molecule has 0 bridgehead atoms. The Balaban J connectivity index is 1.40. The summed E-state index contributed by atoms with van der Waals surface area (Å²) in [6.45, 7) is 6.37. The molecule has 3 aromatic rings. The topological polar surface area (TPSA) is 41.6 Å². The molecule has 0 aliphatic carbocycles. The Bertz CT molecular complexity index is 1170. The van der Waals surface area contributed by atoms with Crippen LogP contribution in [0.5, 0.6) is 5.75 Å². The smallest absolute Gasteiger partial charge is 0.269 e. The van der Waals surface area contributed by atoms with E-state index in [4.69, 9.17) is 4.74 Å². The maximum Gasteiger partial charge on any atom is 0.269 e. The van der Waals surface area contributed by atoms with Crippen molar-refractivity contribution >= 4 is 40.3 Å². The zero-order valence-corrected chi connectivity index (χ0v) is 18.6. The molecule has 0 saturated carbocycles. The Morgan fingerprint density at radius 2 is 1.65 bits per heavy atom. The average molecular weight is 429 g/mol. The molecule has 2 aliphatic rings. The van der Waals surface area contributed by atoms with E-state index in [1.54, 1.807) is 16.7 Å². The lowest BCUT2D eigenvalue weighted by Crippen LogP contribution is -2.33. The van der Waals surface area contributed by atoms with Crippen LogP contribution in [-0.2, 0) is 4.79 Å². The molecule has 0 radical (unpaired) electrons. The van der Waals surface area contributed by atoms with Gasteiger partial charge in [0, 0.05) is 21.0 Å². The highest BCUT2D eigenvalue weighted by molar-refractivity contribution is 7.99. The van der Waals surface area contributed by atoms with Crippen molar-refractivity contribution in [2.45, 2.75) is 36.1 Å². The molecule has 0 saturated heterocycles. The number of allylic oxidation sites excluding steroid dienone is 1. The molecule has 0 unspecified atom stereocenters. The summed E-state index contributed by atoms with van der Waals surface area (Å²) in [7, 11) is 0. The number of benzene rings is 3. The lowest BCUT2D eigenvalue weighted by Gasteiger charge is -2.32. The number of hydrogen-bond acceptors (Lipinski definition) is 4. The second-order valence-electron chi connectivity index (χ2n) is 8.44. The summed E-state index contributed by atoms with van der Waals surface area (Å²) in [6, 6.07) is 21.9. The van der Waals surface area contributed by atoms with Gasteiger partial charge in [-0.25, -0.2) is 0 Å². The van der Waals surface area contributed by atoms with Crippen molar-refractivity contribution in [1.29, 1.82) is 0 Å². The van der Waals surface area contributed by atoms with Crippen LogP contribution in [0.2, 0.25) is 0 Å². The molecule has 4 nitrogen and oxygen atoms in total. The van der Waals surface area contributed by atoms with Crippen molar-refractivity contribution in [3.05, 3.63) is 78.4 Å². The first-order valence-electron chi connectivity index (χ1n) is 10.3. The van der Waals surface area contributed by atoms with Crippen LogP contribution >= 0.6 is 11.8 Å². The van der Waals surface area contributed by atoms with Crippen LogP contribution in [0.25, 0.3) is 5.57 Å². The van der Waals surface area contributed by atoms with E-state index in [0.29, 0.717) is 5.75 Å². The Morgan fingerprint density at radius 3 is 2.32 bits per heavy atom. The van der Waals surface area contributed by atoms with Gasteiger partial charge < -0.3 is 10.1 Å². The van der Waals surface area contributed by atoms with E-state index in [0.717, 1.165) is 32.4 Å². The van der Waals surface area contributed by atoms with Gasteiger partial charge in [-0.2, -0.15) is 0 Å². The van der Waals surface area contributed by atoms with Crippen molar-refractivity contribution < 1.29 is 9.53 Å². The zero-order chi connectivity index (χ0) is 21.6.